The van der Waals surface area contributed by atoms with Crippen molar-refractivity contribution in [2.45, 2.75) is 25.9 Å². The Bertz CT molecular complexity index is 928. The molecule has 2 heterocycles. The molecule has 2 N–H and O–H groups in total. The van der Waals surface area contributed by atoms with Crippen molar-refractivity contribution in [2.75, 3.05) is 24.6 Å². The maximum atomic E-state index is 12.6. The van der Waals surface area contributed by atoms with Crippen LogP contribution in [-0.4, -0.2) is 48.2 Å². The van der Waals surface area contributed by atoms with Crippen LogP contribution in [0.4, 0.5) is 5.69 Å². The Kier molecular flexibility index (Phi) is 5.57. The maximum Gasteiger partial charge on any atom is 0.288 e. The van der Waals surface area contributed by atoms with Gasteiger partial charge in [-0.05, 0) is 36.6 Å². The van der Waals surface area contributed by atoms with Crippen LogP contribution in [0, 0.1) is 0 Å². The van der Waals surface area contributed by atoms with Crippen LogP contribution in [0.2, 0.25) is 0 Å². The maximum absolute atomic E-state index is 12.6. The van der Waals surface area contributed by atoms with Gasteiger partial charge in [-0.1, -0.05) is 42.5 Å². The Morgan fingerprint density at radius 3 is 2.66 bits per heavy atom. The van der Waals surface area contributed by atoms with Crippen LogP contribution in [0.15, 0.2) is 59.6 Å². The summed E-state index contributed by atoms with van der Waals surface area (Å²) in [7, 11) is 0. The SMILES string of the molecule is CC(CNC(=O)C1=NCC(=O)N(c2ccccc2)N1)N1CCc2ccccc2C1. The van der Waals surface area contributed by atoms with Gasteiger partial charge in [0.2, 0.25) is 5.84 Å². The molecule has 4 rings (SSSR count). The highest BCUT2D eigenvalue weighted by molar-refractivity contribution is 6.39. The van der Waals surface area contributed by atoms with E-state index in [-0.39, 0.29) is 30.2 Å². The zero-order valence-electron chi connectivity index (χ0n) is 16.5. The number of hydrazine groups is 1. The minimum atomic E-state index is -0.303. The Labute approximate surface area is 170 Å². The van der Waals surface area contributed by atoms with Crippen LogP contribution in [0.25, 0.3) is 0 Å². The lowest BCUT2D eigenvalue weighted by molar-refractivity contribution is -0.118. The number of nitrogens with zero attached hydrogens (tertiary/aromatic N) is 3. The number of amides is 2. The lowest BCUT2D eigenvalue weighted by Gasteiger charge is -2.34. The van der Waals surface area contributed by atoms with Gasteiger partial charge in [-0.2, -0.15) is 0 Å². The molecule has 0 radical (unpaired) electrons. The van der Waals surface area contributed by atoms with Crippen LogP contribution < -0.4 is 15.8 Å². The van der Waals surface area contributed by atoms with E-state index in [9.17, 15) is 9.59 Å². The van der Waals surface area contributed by atoms with Crippen molar-refractivity contribution in [3.63, 3.8) is 0 Å². The third kappa shape index (κ3) is 4.30. The van der Waals surface area contributed by atoms with Crippen molar-refractivity contribution in [3.8, 4) is 0 Å². The summed E-state index contributed by atoms with van der Waals surface area (Å²) in [5, 5.41) is 4.32. The van der Waals surface area contributed by atoms with Gasteiger partial charge in [0.05, 0.1) is 5.69 Å². The first-order valence-electron chi connectivity index (χ1n) is 9.90. The number of benzene rings is 2. The fourth-order valence-corrected chi connectivity index (χ4v) is 3.68. The van der Waals surface area contributed by atoms with Gasteiger partial charge < -0.3 is 5.32 Å². The molecule has 0 saturated heterocycles. The summed E-state index contributed by atoms with van der Waals surface area (Å²) in [6.07, 6.45) is 1.02. The van der Waals surface area contributed by atoms with Crippen molar-refractivity contribution in [1.29, 1.82) is 0 Å². The Balaban J connectivity index is 1.33. The molecule has 150 valence electrons. The van der Waals surface area contributed by atoms with Crippen LogP contribution in [0.5, 0.6) is 0 Å². The number of anilines is 1. The number of fused-ring (bicyclic) bond motifs is 1. The summed E-state index contributed by atoms with van der Waals surface area (Å²) < 4.78 is 0. The van der Waals surface area contributed by atoms with E-state index < -0.39 is 0 Å². The van der Waals surface area contributed by atoms with Crippen molar-refractivity contribution in [2.24, 2.45) is 4.99 Å². The van der Waals surface area contributed by atoms with E-state index in [0.717, 1.165) is 19.5 Å². The summed E-state index contributed by atoms with van der Waals surface area (Å²) in [6, 6.07) is 17.9. The van der Waals surface area contributed by atoms with Gasteiger partial charge in [-0.25, -0.2) is 5.01 Å². The summed E-state index contributed by atoms with van der Waals surface area (Å²) in [4.78, 5) is 31.2. The van der Waals surface area contributed by atoms with Gasteiger partial charge >= 0.3 is 0 Å². The number of para-hydroxylation sites is 1. The van der Waals surface area contributed by atoms with E-state index in [1.807, 2.05) is 30.3 Å². The second-order valence-electron chi connectivity index (χ2n) is 7.39. The van der Waals surface area contributed by atoms with Crippen molar-refractivity contribution in [1.82, 2.24) is 15.6 Å². The molecular weight excluding hydrogens is 366 g/mol. The van der Waals surface area contributed by atoms with Gasteiger partial charge in [-0.3, -0.25) is 24.9 Å². The van der Waals surface area contributed by atoms with Gasteiger partial charge in [-0.15, -0.1) is 0 Å². The number of carbonyl (C=O) groups is 2. The summed E-state index contributed by atoms with van der Waals surface area (Å²) in [5.74, 6) is -0.347. The van der Waals surface area contributed by atoms with E-state index in [1.54, 1.807) is 0 Å². The average molecular weight is 391 g/mol. The minimum Gasteiger partial charge on any atom is -0.348 e. The molecule has 29 heavy (non-hydrogen) atoms. The van der Waals surface area contributed by atoms with Gasteiger partial charge in [0, 0.05) is 25.7 Å². The topological polar surface area (TPSA) is 77.0 Å². The molecule has 1 unspecified atom stereocenters. The van der Waals surface area contributed by atoms with Crippen LogP contribution in [0.3, 0.4) is 0 Å². The molecule has 7 nitrogen and oxygen atoms in total. The first-order valence-corrected chi connectivity index (χ1v) is 9.90. The van der Waals surface area contributed by atoms with Gasteiger partial charge in [0.25, 0.3) is 11.8 Å². The highest BCUT2D eigenvalue weighted by Crippen LogP contribution is 2.20. The molecule has 0 fully saturated rings. The van der Waals surface area contributed by atoms with Gasteiger partial charge in [0.15, 0.2) is 0 Å². The monoisotopic (exact) mass is 391 g/mol. The normalized spacial score (nSPS) is 17.8. The first kappa shape index (κ1) is 19.1. The molecule has 0 bridgehead atoms. The van der Waals surface area contributed by atoms with E-state index in [2.05, 4.69) is 51.8 Å². The average Bonchev–Trinajstić information content (AvgIpc) is 2.77. The molecule has 0 saturated carbocycles. The van der Waals surface area contributed by atoms with E-state index >= 15 is 0 Å². The lowest BCUT2D eigenvalue weighted by Crippen LogP contribution is -2.56. The quantitative estimate of drug-likeness (QED) is 0.810. The van der Waals surface area contributed by atoms with Crippen LogP contribution >= 0.6 is 0 Å². The summed E-state index contributed by atoms with van der Waals surface area (Å²) >= 11 is 0. The number of hydrogen-bond acceptors (Lipinski definition) is 5. The minimum absolute atomic E-state index is 0.0525. The molecule has 0 spiro atoms. The molecule has 7 heteroatoms. The number of aliphatic imine (C=N–C) groups is 1. The smallest absolute Gasteiger partial charge is 0.288 e. The Morgan fingerprint density at radius 2 is 1.86 bits per heavy atom. The fourth-order valence-electron chi connectivity index (χ4n) is 3.68. The van der Waals surface area contributed by atoms with Crippen molar-refractivity contribution in [3.05, 3.63) is 65.7 Å². The van der Waals surface area contributed by atoms with Crippen LogP contribution in [0.1, 0.15) is 18.1 Å². The molecule has 2 aromatic rings. The molecule has 0 aliphatic carbocycles. The standard InChI is InChI=1S/C22H25N5O2/c1-16(26-12-11-17-7-5-6-8-18(17)15-26)13-24-22(29)21-23-14-20(28)27(25-21)19-9-3-2-4-10-19/h2-10,16H,11-15H2,1H3,(H,23,25)(H,24,29). The molecule has 2 amide bonds. The molecule has 2 aliphatic heterocycles. The largest absolute Gasteiger partial charge is 0.348 e. The highest BCUT2D eigenvalue weighted by atomic mass is 16.2. The number of carbonyl (C=O) groups excluding carboxylic acids is 2. The first-order chi connectivity index (χ1) is 14.1. The Morgan fingerprint density at radius 1 is 1.14 bits per heavy atom. The number of hydrogen-bond donors (Lipinski definition) is 2. The molecule has 2 aromatic carbocycles. The molecule has 2 aliphatic rings. The zero-order chi connectivity index (χ0) is 20.2. The third-order valence-corrected chi connectivity index (χ3v) is 5.41. The van der Waals surface area contributed by atoms with Gasteiger partial charge in [0.1, 0.15) is 6.54 Å². The summed E-state index contributed by atoms with van der Waals surface area (Å²) in [5.41, 5.74) is 6.29. The highest BCUT2D eigenvalue weighted by Gasteiger charge is 2.26. The number of nitrogens with one attached hydrogen (secondary N) is 2. The van der Waals surface area contributed by atoms with E-state index in [4.69, 9.17) is 0 Å². The third-order valence-electron chi connectivity index (χ3n) is 5.41. The van der Waals surface area contributed by atoms with E-state index in [0.29, 0.717) is 12.2 Å². The Hall–Kier alpha value is -3.19. The molecule has 0 aromatic heterocycles. The second-order valence-corrected chi connectivity index (χ2v) is 7.39. The van der Waals surface area contributed by atoms with Crippen molar-refractivity contribution < 1.29 is 9.59 Å². The van der Waals surface area contributed by atoms with Crippen molar-refractivity contribution >= 4 is 23.3 Å². The second kappa shape index (κ2) is 8.45. The molecular formula is C22H25N5O2. The van der Waals surface area contributed by atoms with Crippen LogP contribution in [-0.2, 0) is 22.6 Å². The number of amidine groups is 1. The fraction of sp³-hybridized carbons (Fsp3) is 0.318. The lowest BCUT2D eigenvalue weighted by atomic mass is 9.99. The van der Waals surface area contributed by atoms with E-state index in [1.165, 1.54) is 16.1 Å². The zero-order valence-corrected chi connectivity index (χ0v) is 16.5. The predicted molar refractivity (Wildman–Crippen MR) is 112 cm³/mol. The molecule has 1 atom stereocenters. The summed E-state index contributed by atoms with van der Waals surface area (Å²) in [6.45, 7) is 4.44. The predicted octanol–water partition coefficient (Wildman–Crippen LogP) is 1.50. The number of rotatable bonds is 5.